The van der Waals surface area contributed by atoms with Crippen LogP contribution in [-0.2, 0) is 11.3 Å². The van der Waals surface area contributed by atoms with Crippen LogP contribution in [0.1, 0.15) is 22.5 Å². The second-order valence-electron chi connectivity index (χ2n) is 6.70. The average Bonchev–Trinajstić information content (AvgIpc) is 3.04. The Morgan fingerprint density at radius 3 is 2.60 bits per heavy atom. The predicted molar refractivity (Wildman–Crippen MR) is 116 cm³/mol. The fourth-order valence-electron chi connectivity index (χ4n) is 3.16. The van der Waals surface area contributed by atoms with Crippen molar-refractivity contribution in [1.29, 1.82) is 5.26 Å². The molecule has 2 aromatic heterocycles. The van der Waals surface area contributed by atoms with Gasteiger partial charge in [-0.1, -0.05) is 17.7 Å². The number of nitrogens with zero attached hydrogens (tertiary/aromatic N) is 3. The molecule has 2 heterocycles. The first-order chi connectivity index (χ1) is 14.4. The predicted octanol–water partition coefficient (Wildman–Crippen LogP) is 4.37. The van der Waals surface area contributed by atoms with Crippen molar-refractivity contribution in [2.24, 2.45) is 0 Å². The Morgan fingerprint density at radius 1 is 1.27 bits per heavy atom. The number of aromatic nitrogens is 2. The first-order valence-electron chi connectivity index (χ1n) is 9.26. The highest BCUT2D eigenvalue weighted by Gasteiger charge is 2.14. The van der Waals surface area contributed by atoms with E-state index in [0.29, 0.717) is 5.15 Å². The van der Waals surface area contributed by atoms with Crippen LogP contribution in [0.3, 0.4) is 0 Å². The Morgan fingerprint density at radius 2 is 2.00 bits per heavy atom. The zero-order valence-electron chi connectivity index (χ0n) is 16.9. The Kier molecular flexibility index (Phi) is 6.55. The first kappa shape index (κ1) is 21.2. The summed E-state index contributed by atoms with van der Waals surface area (Å²) in [5, 5.41) is 12.6. The number of ether oxygens (including phenoxy) is 1. The minimum Gasteiger partial charge on any atom is -0.497 e. The molecule has 0 saturated carbocycles. The molecule has 0 saturated heterocycles. The molecule has 30 heavy (non-hydrogen) atoms. The number of nitriles is 1. The third-order valence-electron chi connectivity index (χ3n) is 4.71. The molecule has 6 nitrogen and oxygen atoms in total. The second kappa shape index (κ2) is 9.29. The van der Waals surface area contributed by atoms with Crippen molar-refractivity contribution in [3.63, 3.8) is 0 Å². The van der Waals surface area contributed by atoms with Gasteiger partial charge in [-0.2, -0.15) is 5.26 Å². The van der Waals surface area contributed by atoms with Crippen molar-refractivity contribution in [3.8, 4) is 17.5 Å². The van der Waals surface area contributed by atoms with Crippen LogP contribution in [-0.4, -0.2) is 22.6 Å². The van der Waals surface area contributed by atoms with E-state index in [0.717, 1.165) is 34.0 Å². The molecular formula is C23H21ClN4O2. The maximum atomic E-state index is 12.5. The van der Waals surface area contributed by atoms with Crippen LogP contribution in [0.25, 0.3) is 11.8 Å². The molecule has 1 aromatic carbocycles. The first-order valence-corrected chi connectivity index (χ1v) is 9.64. The number of amides is 1. The van der Waals surface area contributed by atoms with Crippen LogP contribution in [0.5, 0.6) is 5.75 Å². The zero-order valence-corrected chi connectivity index (χ0v) is 17.7. The standard InChI is InChI=1S/C23H21ClN4O2/c1-15-10-18(16(2)28(15)20-5-7-21(30-3)8-6-20)11-19(12-25)23(29)27-14-17-4-9-22(24)26-13-17/h4-11,13H,14H2,1-3H3,(H,27,29). The molecule has 0 aliphatic heterocycles. The number of benzene rings is 1. The number of hydrogen-bond donors (Lipinski definition) is 1. The van der Waals surface area contributed by atoms with Crippen molar-refractivity contribution in [2.45, 2.75) is 20.4 Å². The summed E-state index contributed by atoms with van der Waals surface area (Å²) >= 11 is 5.77. The molecule has 0 fully saturated rings. The maximum absolute atomic E-state index is 12.5. The number of pyridine rings is 1. The van der Waals surface area contributed by atoms with Gasteiger partial charge in [0.2, 0.25) is 0 Å². The van der Waals surface area contributed by atoms with Gasteiger partial charge in [0.05, 0.1) is 7.11 Å². The van der Waals surface area contributed by atoms with Gasteiger partial charge in [-0.3, -0.25) is 4.79 Å². The van der Waals surface area contributed by atoms with E-state index in [2.05, 4.69) is 14.9 Å². The van der Waals surface area contributed by atoms with E-state index in [1.54, 1.807) is 31.5 Å². The third kappa shape index (κ3) is 4.70. The molecule has 1 N–H and O–H groups in total. The molecule has 152 valence electrons. The van der Waals surface area contributed by atoms with Crippen LogP contribution in [0.4, 0.5) is 0 Å². The van der Waals surface area contributed by atoms with E-state index >= 15 is 0 Å². The lowest BCUT2D eigenvalue weighted by Gasteiger charge is -2.10. The molecule has 0 bridgehead atoms. The minimum absolute atomic E-state index is 0.0342. The number of rotatable bonds is 6. The Labute approximate surface area is 180 Å². The summed E-state index contributed by atoms with van der Waals surface area (Å²) in [7, 11) is 1.63. The van der Waals surface area contributed by atoms with E-state index in [9.17, 15) is 10.1 Å². The van der Waals surface area contributed by atoms with Crippen molar-refractivity contribution in [2.75, 3.05) is 7.11 Å². The zero-order chi connectivity index (χ0) is 21.7. The van der Waals surface area contributed by atoms with E-state index < -0.39 is 5.91 Å². The summed E-state index contributed by atoms with van der Waals surface area (Å²) < 4.78 is 7.28. The van der Waals surface area contributed by atoms with Gasteiger partial charge < -0.3 is 14.6 Å². The number of carbonyl (C=O) groups is 1. The number of hydrogen-bond acceptors (Lipinski definition) is 4. The lowest BCUT2D eigenvalue weighted by atomic mass is 10.1. The van der Waals surface area contributed by atoms with Crippen molar-refractivity contribution in [3.05, 3.63) is 81.9 Å². The van der Waals surface area contributed by atoms with Gasteiger partial charge in [0.1, 0.15) is 22.5 Å². The molecule has 0 spiro atoms. The highest BCUT2D eigenvalue weighted by Crippen LogP contribution is 2.24. The monoisotopic (exact) mass is 420 g/mol. The highest BCUT2D eigenvalue weighted by atomic mass is 35.5. The van der Waals surface area contributed by atoms with Gasteiger partial charge >= 0.3 is 0 Å². The minimum atomic E-state index is -0.443. The van der Waals surface area contributed by atoms with Gasteiger partial charge in [-0.05, 0) is 67.4 Å². The number of carbonyl (C=O) groups excluding carboxylic acids is 1. The topological polar surface area (TPSA) is 79.9 Å². The Bertz CT molecular complexity index is 1120. The van der Waals surface area contributed by atoms with Crippen LogP contribution >= 0.6 is 11.6 Å². The lowest BCUT2D eigenvalue weighted by Crippen LogP contribution is -2.24. The number of aryl methyl sites for hydroxylation is 1. The van der Waals surface area contributed by atoms with E-state index in [4.69, 9.17) is 16.3 Å². The number of nitrogens with one attached hydrogen (secondary N) is 1. The summed E-state index contributed by atoms with van der Waals surface area (Å²) in [5.41, 5.74) is 4.54. The van der Waals surface area contributed by atoms with Crippen LogP contribution in [0, 0.1) is 25.2 Å². The molecular weight excluding hydrogens is 400 g/mol. The Hall–Kier alpha value is -3.56. The summed E-state index contributed by atoms with van der Waals surface area (Å²) in [6, 6.07) is 15.1. The maximum Gasteiger partial charge on any atom is 0.262 e. The van der Waals surface area contributed by atoms with E-state index in [-0.39, 0.29) is 12.1 Å². The number of methoxy groups -OCH3 is 1. The van der Waals surface area contributed by atoms with Gasteiger partial charge in [0.25, 0.3) is 5.91 Å². The van der Waals surface area contributed by atoms with Crippen LogP contribution in [0.2, 0.25) is 5.15 Å². The lowest BCUT2D eigenvalue weighted by molar-refractivity contribution is -0.117. The molecule has 3 rings (SSSR count). The second-order valence-corrected chi connectivity index (χ2v) is 7.09. The molecule has 7 heteroatoms. The van der Waals surface area contributed by atoms with Crippen LogP contribution in [0.15, 0.2) is 54.2 Å². The SMILES string of the molecule is COc1ccc(-n2c(C)cc(C=C(C#N)C(=O)NCc3ccc(Cl)nc3)c2C)cc1. The van der Waals surface area contributed by atoms with Gasteiger partial charge in [0.15, 0.2) is 0 Å². The van der Waals surface area contributed by atoms with Gasteiger partial charge in [0, 0.05) is 29.8 Å². The van der Waals surface area contributed by atoms with Crippen molar-refractivity contribution < 1.29 is 9.53 Å². The quantitative estimate of drug-likeness (QED) is 0.364. The summed E-state index contributed by atoms with van der Waals surface area (Å²) in [6.45, 7) is 4.19. The van der Waals surface area contributed by atoms with Crippen molar-refractivity contribution in [1.82, 2.24) is 14.9 Å². The summed E-state index contributed by atoms with van der Waals surface area (Å²) in [6.07, 6.45) is 3.19. The Balaban J connectivity index is 1.82. The van der Waals surface area contributed by atoms with Crippen molar-refractivity contribution >= 4 is 23.6 Å². The fraction of sp³-hybridized carbons (Fsp3) is 0.174. The third-order valence-corrected chi connectivity index (χ3v) is 4.93. The summed E-state index contributed by atoms with van der Waals surface area (Å²) in [5.74, 6) is 0.336. The van der Waals surface area contributed by atoms with Crippen LogP contribution < -0.4 is 10.1 Å². The van der Waals surface area contributed by atoms with E-state index in [1.165, 1.54) is 0 Å². The smallest absolute Gasteiger partial charge is 0.262 e. The number of halogens is 1. The molecule has 0 aliphatic carbocycles. The molecule has 3 aromatic rings. The van der Waals surface area contributed by atoms with E-state index in [1.807, 2.05) is 50.2 Å². The molecule has 1 amide bonds. The fourth-order valence-corrected chi connectivity index (χ4v) is 3.27. The molecule has 0 unspecified atom stereocenters. The molecule has 0 radical (unpaired) electrons. The largest absolute Gasteiger partial charge is 0.497 e. The highest BCUT2D eigenvalue weighted by molar-refractivity contribution is 6.29. The molecule has 0 aliphatic rings. The summed E-state index contributed by atoms with van der Waals surface area (Å²) in [4.78, 5) is 16.5. The molecule has 0 atom stereocenters. The van der Waals surface area contributed by atoms with Gasteiger partial charge in [-0.15, -0.1) is 0 Å². The normalized spacial score (nSPS) is 11.1. The van der Waals surface area contributed by atoms with Gasteiger partial charge in [-0.25, -0.2) is 4.98 Å². The average molecular weight is 421 g/mol.